The molecule has 1 N–H and O–H groups in total. The zero-order valence-corrected chi connectivity index (χ0v) is 19.6. The van der Waals surface area contributed by atoms with Crippen LogP contribution in [0.2, 0.25) is 0 Å². The Bertz CT molecular complexity index is 1210. The summed E-state index contributed by atoms with van der Waals surface area (Å²) in [5.74, 6) is 1.20. The maximum Gasteiger partial charge on any atom is 0.276 e. The van der Waals surface area contributed by atoms with Crippen molar-refractivity contribution in [3.8, 4) is 5.75 Å². The molecule has 7 heteroatoms. The van der Waals surface area contributed by atoms with Gasteiger partial charge in [0.15, 0.2) is 5.58 Å². The van der Waals surface area contributed by atoms with E-state index in [2.05, 4.69) is 19.2 Å². The lowest BCUT2D eigenvalue weighted by molar-refractivity contribution is -0.128. The Morgan fingerprint density at radius 2 is 2.03 bits per heavy atom. The van der Waals surface area contributed by atoms with Crippen LogP contribution >= 0.6 is 0 Å². The largest absolute Gasteiger partial charge is 0.497 e. The second-order valence-corrected chi connectivity index (χ2v) is 9.75. The lowest BCUT2D eigenvalue weighted by Crippen LogP contribution is -2.66. The standard InChI is InChI=1S/C26H31N3O4/c1-16-7-5-10-20(17(16)2)27-25(31)26(3)15-28-21-11-12-33-23(21)14-22(28)24(30)29(26)18-8-6-9-19(13-18)32-4/h6,8-9,11-14,16-17,20H,5,7,10,15H2,1-4H3,(H,27,31)/t16-,17+,20-,26-/m1/s1. The van der Waals surface area contributed by atoms with E-state index in [1.807, 2.05) is 35.8 Å². The average molecular weight is 450 g/mol. The van der Waals surface area contributed by atoms with E-state index in [0.29, 0.717) is 41.1 Å². The molecular weight excluding hydrogens is 418 g/mol. The molecule has 3 aromatic rings. The van der Waals surface area contributed by atoms with Crippen LogP contribution in [-0.2, 0) is 11.3 Å². The molecule has 1 aliphatic carbocycles. The third-order valence-corrected chi connectivity index (χ3v) is 7.73. The van der Waals surface area contributed by atoms with Crippen LogP contribution < -0.4 is 15.0 Å². The van der Waals surface area contributed by atoms with Crippen LogP contribution in [0.4, 0.5) is 5.69 Å². The van der Waals surface area contributed by atoms with Crippen LogP contribution in [0.5, 0.6) is 5.75 Å². The van der Waals surface area contributed by atoms with Gasteiger partial charge in [-0.2, -0.15) is 0 Å². The third-order valence-electron chi connectivity index (χ3n) is 7.73. The van der Waals surface area contributed by atoms with Crippen molar-refractivity contribution in [2.24, 2.45) is 11.8 Å². The molecule has 1 aliphatic heterocycles. The zero-order valence-electron chi connectivity index (χ0n) is 19.6. The summed E-state index contributed by atoms with van der Waals surface area (Å²) in [6, 6.07) is 11.0. The fourth-order valence-corrected chi connectivity index (χ4v) is 5.48. The number of carbonyl (C=O) groups excluding carboxylic acids is 2. The first kappa shape index (κ1) is 21.6. The van der Waals surface area contributed by atoms with Crippen LogP contribution in [-0.4, -0.2) is 35.1 Å². The number of hydrogen-bond donors (Lipinski definition) is 1. The van der Waals surface area contributed by atoms with Gasteiger partial charge in [-0.3, -0.25) is 14.5 Å². The van der Waals surface area contributed by atoms with Crippen molar-refractivity contribution in [3.05, 3.63) is 48.4 Å². The summed E-state index contributed by atoms with van der Waals surface area (Å²) in [6.07, 6.45) is 4.86. The second-order valence-electron chi connectivity index (χ2n) is 9.75. The summed E-state index contributed by atoms with van der Waals surface area (Å²) < 4.78 is 12.9. The molecule has 174 valence electrons. The molecule has 0 unspecified atom stereocenters. The zero-order chi connectivity index (χ0) is 23.3. The van der Waals surface area contributed by atoms with E-state index in [0.717, 1.165) is 18.4 Å². The third kappa shape index (κ3) is 3.41. The van der Waals surface area contributed by atoms with E-state index in [4.69, 9.17) is 9.15 Å². The molecule has 4 atom stereocenters. The fourth-order valence-electron chi connectivity index (χ4n) is 5.48. The highest BCUT2D eigenvalue weighted by molar-refractivity contribution is 6.13. The number of benzene rings is 1. The van der Waals surface area contributed by atoms with Crippen LogP contribution in [0.15, 0.2) is 47.1 Å². The number of amides is 2. The first-order valence-corrected chi connectivity index (χ1v) is 11.7. The molecule has 7 nitrogen and oxygen atoms in total. The van der Waals surface area contributed by atoms with Gasteiger partial charge in [-0.25, -0.2) is 0 Å². The van der Waals surface area contributed by atoms with E-state index < -0.39 is 5.54 Å². The molecule has 2 aromatic heterocycles. The summed E-state index contributed by atoms with van der Waals surface area (Å²) in [7, 11) is 1.59. The smallest absolute Gasteiger partial charge is 0.276 e. The Morgan fingerprint density at radius 1 is 1.21 bits per heavy atom. The van der Waals surface area contributed by atoms with Crippen LogP contribution in [0.3, 0.4) is 0 Å². The summed E-state index contributed by atoms with van der Waals surface area (Å²) in [6.45, 7) is 6.64. The molecule has 1 aromatic carbocycles. The number of carbonyl (C=O) groups is 2. The highest BCUT2D eigenvalue weighted by Gasteiger charge is 2.49. The summed E-state index contributed by atoms with van der Waals surface area (Å²) in [5, 5.41) is 3.32. The number of anilines is 1. The lowest BCUT2D eigenvalue weighted by atomic mass is 9.77. The normalized spacial score (nSPS) is 27.5. The van der Waals surface area contributed by atoms with Gasteiger partial charge < -0.3 is 19.0 Å². The Labute approximate surface area is 193 Å². The van der Waals surface area contributed by atoms with E-state index in [9.17, 15) is 9.59 Å². The van der Waals surface area contributed by atoms with Crippen molar-refractivity contribution in [2.75, 3.05) is 12.0 Å². The van der Waals surface area contributed by atoms with Gasteiger partial charge in [-0.15, -0.1) is 0 Å². The minimum atomic E-state index is -1.12. The van der Waals surface area contributed by atoms with Crippen molar-refractivity contribution >= 4 is 28.6 Å². The van der Waals surface area contributed by atoms with Gasteiger partial charge >= 0.3 is 0 Å². The van der Waals surface area contributed by atoms with Gasteiger partial charge in [-0.05, 0) is 37.3 Å². The van der Waals surface area contributed by atoms with Crippen molar-refractivity contribution in [3.63, 3.8) is 0 Å². The lowest BCUT2D eigenvalue weighted by Gasteiger charge is -2.45. The Hall–Kier alpha value is -3.22. The number of furan rings is 1. The van der Waals surface area contributed by atoms with Gasteiger partial charge in [0.05, 0.1) is 25.4 Å². The van der Waals surface area contributed by atoms with E-state index >= 15 is 0 Å². The predicted molar refractivity (Wildman–Crippen MR) is 127 cm³/mol. The summed E-state index contributed by atoms with van der Waals surface area (Å²) in [5.41, 5.74) is 1.48. The minimum absolute atomic E-state index is 0.0975. The highest BCUT2D eigenvalue weighted by atomic mass is 16.5. The molecule has 2 amide bonds. The molecule has 33 heavy (non-hydrogen) atoms. The van der Waals surface area contributed by atoms with Crippen molar-refractivity contribution < 1.29 is 18.7 Å². The number of hydrogen-bond acceptors (Lipinski definition) is 4. The van der Waals surface area contributed by atoms with E-state index in [-0.39, 0.29) is 17.9 Å². The van der Waals surface area contributed by atoms with Gasteiger partial charge in [-0.1, -0.05) is 32.8 Å². The maximum absolute atomic E-state index is 14.0. The number of nitrogens with zero attached hydrogens (tertiary/aromatic N) is 2. The number of methoxy groups -OCH3 is 1. The van der Waals surface area contributed by atoms with Crippen LogP contribution in [0, 0.1) is 11.8 Å². The Balaban J connectivity index is 1.59. The van der Waals surface area contributed by atoms with Gasteiger partial charge in [0.1, 0.15) is 17.0 Å². The monoisotopic (exact) mass is 449 g/mol. The molecule has 0 bridgehead atoms. The van der Waals surface area contributed by atoms with Crippen LogP contribution in [0.25, 0.3) is 11.1 Å². The summed E-state index contributed by atoms with van der Waals surface area (Å²) >= 11 is 0. The number of fused-ring (bicyclic) bond motifs is 3. The SMILES string of the molecule is COc1cccc(N2C(=O)c3cc4occc4n3C[C@]2(C)C(=O)N[C@@H]2CCC[C@@H](C)[C@@H]2C)c1. The van der Waals surface area contributed by atoms with E-state index in [1.54, 1.807) is 30.4 Å². The predicted octanol–water partition coefficient (Wildman–Crippen LogP) is 4.60. The average Bonchev–Trinajstić information content (AvgIpc) is 3.39. The second kappa shape index (κ2) is 7.97. The molecule has 0 saturated heterocycles. The van der Waals surface area contributed by atoms with Crippen LogP contribution in [0.1, 0.15) is 50.5 Å². The molecule has 0 radical (unpaired) electrons. The maximum atomic E-state index is 14.0. The highest BCUT2D eigenvalue weighted by Crippen LogP contribution is 2.38. The van der Waals surface area contributed by atoms with Crippen molar-refractivity contribution in [1.82, 2.24) is 9.88 Å². The van der Waals surface area contributed by atoms with E-state index in [1.165, 1.54) is 6.42 Å². The molecule has 5 rings (SSSR count). The number of rotatable bonds is 4. The molecule has 2 aliphatic rings. The minimum Gasteiger partial charge on any atom is -0.497 e. The topological polar surface area (TPSA) is 76.7 Å². The molecule has 0 spiro atoms. The molecule has 1 fully saturated rings. The molecule has 1 saturated carbocycles. The quantitative estimate of drug-likeness (QED) is 0.631. The van der Waals surface area contributed by atoms with Crippen molar-refractivity contribution in [2.45, 2.75) is 58.2 Å². The number of ether oxygens (including phenoxy) is 1. The number of aromatic nitrogens is 1. The van der Waals surface area contributed by atoms with Gasteiger partial charge in [0.25, 0.3) is 5.91 Å². The van der Waals surface area contributed by atoms with Gasteiger partial charge in [0.2, 0.25) is 5.91 Å². The molecule has 3 heterocycles. The Kier molecular flexibility index (Phi) is 5.22. The van der Waals surface area contributed by atoms with Crippen molar-refractivity contribution in [1.29, 1.82) is 0 Å². The Morgan fingerprint density at radius 3 is 2.82 bits per heavy atom. The first-order chi connectivity index (χ1) is 15.8. The van der Waals surface area contributed by atoms with Gasteiger partial charge in [0, 0.05) is 29.9 Å². The fraction of sp³-hybridized carbons (Fsp3) is 0.462. The first-order valence-electron chi connectivity index (χ1n) is 11.7. The summed E-state index contributed by atoms with van der Waals surface area (Å²) in [4.78, 5) is 29.4. The molecular formula is C26H31N3O4. The number of nitrogens with one attached hydrogen (secondary N) is 1.